The molecule has 0 aliphatic heterocycles. The number of allylic oxidation sites excluding steroid dienone is 4. The minimum atomic E-state index is -0.914. The molecule has 0 bridgehead atoms. The first kappa shape index (κ1) is 21.5. The maximum Gasteiger partial charge on any atom is 0.156 e. The molecular formula is C29H35NO2. The topological polar surface area (TPSA) is 40.5 Å². The summed E-state index contributed by atoms with van der Waals surface area (Å²) >= 11 is 0. The zero-order valence-corrected chi connectivity index (χ0v) is 19.9. The number of carbonyl (C=O) groups is 1. The average molecular weight is 430 g/mol. The number of anilines is 1. The second-order valence-electron chi connectivity index (χ2n) is 10.8. The standard InChI is InChI=1S/C29H35NO2/c1-5-15-29(32)16-14-26-24-12-8-20-17-22(31)11-13-23(20)27(24)25(18-28(26,29)2)19-6-9-21(10-7-19)30(3)4/h6-7,9-10,17,24-26,32H,8,11-14,16,18H2,1-4H3/t24-,25+,26-,28+,29+/m0/s1. The van der Waals surface area contributed by atoms with Crippen molar-refractivity contribution in [3.8, 4) is 11.8 Å². The third kappa shape index (κ3) is 3.11. The molecule has 0 saturated heterocycles. The Hall–Kier alpha value is -2.31. The fourth-order valence-corrected chi connectivity index (χ4v) is 7.38. The first-order valence-electron chi connectivity index (χ1n) is 12.2. The van der Waals surface area contributed by atoms with Crippen molar-refractivity contribution in [2.24, 2.45) is 17.3 Å². The van der Waals surface area contributed by atoms with Gasteiger partial charge in [-0.2, -0.15) is 0 Å². The Bertz CT molecular complexity index is 1070. The Morgan fingerprint density at radius 1 is 1.09 bits per heavy atom. The van der Waals surface area contributed by atoms with E-state index in [1.54, 1.807) is 5.57 Å². The monoisotopic (exact) mass is 429 g/mol. The summed E-state index contributed by atoms with van der Waals surface area (Å²) in [5, 5.41) is 11.7. The molecule has 5 atom stereocenters. The van der Waals surface area contributed by atoms with E-state index in [1.165, 1.54) is 22.4 Å². The van der Waals surface area contributed by atoms with Crippen molar-refractivity contribution in [2.45, 2.75) is 70.3 Å². The van der Waals surface area contributed by atoms with Crippen LogP contribution in [0.4, 0.5) is 5.69 Å². The highest BCUT2D eigenvalue weighted by atomic mass is 16.3. The van der Waals surface area contributed by atoms with Gasteiger partial charge in [0.2, 0.25) is 0 Å². The van der Waals surface area contributed by atoms with Gasteiger partial charge in [-0.15, -0.1) is 5.92 Å². The first-order chi connectivity index (χ1) is 15.3. The summed E-state index contributed by atoms with van der Waals surface area (Å²) in [7, 11) is 4.14. The number of hydrogen-bond donors (Lipinski definition) is 1. The number of ketones is 1. The van der Waals surface area contributed by atoms with E-state index >= 15 is 0 Å². The molecule has 3 heteroatoms. The van der Waals surface area contributed by atoms with Crippen molar-refractivity contribution in [1.82, 2.24) is 0 Å². The molecule has 0 unspecified atom stereocenters. The van der Waals surface area contributed by atoms with Crippen molar-refractivity contribution in [3.05, 3.63) is 52.6 Å². The molecule has 2 saturated carbocycles. The van der Waals surface area contributed by atoms with Crippen LogP contribution in [0, 0.1) is 29.1 Å². The van der Waals surface area contributed by atoms with Gasteiger partial charge in [-0.25, -0.2) is 0 Å². The van der Waals surface area contributed by atoms with Gasteiger partial charge in [-0.1, -0.05) is 30.6 Å². The predicted molar refractivity (Wildman–Crippen MR) is 129 cm³/mol. The molecule has 4 aliphatic rings. The second kappa shape index (κ2) is 7.63. The molecule has 2 fully saturated rings. The van der Waals surface area contributed by atoms with Gasteiger partial charge in [0.25, 0.3) is 0 Å². The lowest BCUT2D eigenvalue weighted by atomic mass is 9.51. The largest absolute Gasteiger partial charge is 0.378 e. The molecule has 0 heterocycles. The number of rotatable bonds is 2. The molecule has 0 amide bonds. The summed E-state index contributed by atoms with van der Waals surface area (Å²) in [5.74, 6) is 7.76. The predicted octanol–water partition coefficient (Wildman–Crippen LogP) is 5.41. The SMILES string of the molecule is CC#C[C@@]1(O)CC[C@H]2[C@@H]3CCC4=CC(=O)CCC4=C3[C@@H](c3ccc(N(C)C)cc3)C[C@]21C. The molecule has 4 aliphatic carbocycles. The van der Waals surface area contributed by atoms with Crippen LogP contribution in [-0.2, 0) is 4.79 Å². The molecule has 5 rings (SSSR count). The van der Waals surface area contributed by atoms with Gasteiger partial charge in [0.1, 0.15) is 5.60 Å². The molecule has 0 aromatic heterocycles. The second-order valence-corrected chi connectivity index (χ2v) is 10.8. The quantitative estimate of drug-likeness (QED) is 0.640. The van der Waals surface area contributed by atoms with Crippen molar-refractivity contribution >= 4 is 11.5 Å². The number of hydrogen-bond acceptors (Lipinski definition) is 3. The van der Waals surface area contributed by atoms with Gasteiger partial charge in [-0.3, -0.25) is 4.79 Å². The van der Waals surface area contributed by atoms with E-state index in [2.05, 4.69) is 62.0 Å². The van der Waals surface area contributed by atoms with E-state index in [1.807, 2.05) is 13.0 Å². The minimum absolute atomic E-state index is 0.221. The highest BCUT2D eigenvalue weighted by Crippen LogP contribution is 2.66. The van der Waals surface area contributed by atoms with Crippen molar-refractivity contribution in [2.75, 3.05) is 19.0 Å². The van der Waals surface area contributed by atoms with Crippen LogP contribution in [0.2, 0.25) is 0 Å². The summed E-state index contributed by atoms with van der Waals surface area (Å²) in [5.41, 5.74) is 5.71. The maximum absolute atomic E-state index is 12.2. The average Bonchev–Trinajstić information content (AvgIpc) is 3.03. The minimum Gasteiger partial charge on any atom is -0.378 e. The lowest BCUT2D eigenvalue weighted by Crippen LogP contribution is -2.51. The third-order valence-corrected chi connectivity index (χ3v) is 9.03. The van der Waals surface area contributed by atoms with Crippen LogP contribution in [0.5, 0.6) is 0 Å². The van der Waals surface area contributed by atoms with Gasteiger partial charge in [0.05, 0.1) is 0 Å². The Morgan fingerprint density at radius 2 is 1.84 bits per heavy atom. The number of carbonyl (C=O) groups excluding carboxylic acids is 1. The smallest absolute Gasteiger partial charge is 0.156 e. The Kier molecular flexibility index (Phi) is 5.13. The van der Waals surface area contributed by atoms with Crippen LogP contribution in [0.1, 0.15) is 70.3 Å². The van der Waals surface area contributed by atoms with E-state index in [-0.39, 0.29) is 17.1 Å². The van der Waals surface area contributed by atoms with Gasteiger partial charge in [0.15, 0.2) is 5.78 Å². The summed E-state index contributed by atoms with van der Waals surface area (Å²) in [6, 6.07) is 8.97. The Balaban J connectivity index is 1.67. The number of aliphatic hydroxyl groups is 1. The van der Waals surface area contributed by atoms with E-state index in [0.29, 0.717) is 18.3 Å². The van der Waals surface area contributed by atoms with Gasteiger partial charge < -0.3 is 10.0 Å². The molecule has 1 aromatic rings. The molecule has 0 spiro atoms. The molecule has 168 valence electrons. The van der Waals surface area contributed by atoms with Crippen molar-refractivity contribution < 1.29 is 9.90 Å². The summed E-state index contributed by atoms with van der Waals surface area (Å²) in [6.45, 7) is 4.15. The van der Waals surface area contributed by atoms with E-state index in [0.717, 1.165) is 38.5 Å². The Labute approximate surface area is 192 Å². The zero-order valence-electron chi connectivity index (χ0n) is 19.9. The van der Waals surface area contributed by atoms with Gasteiger partial charge in [0, 0.05) is 37.5 Å². The fourth-order valence-electron chi connectivity index (χ4n) is 7.38. The van der Waals surface area contributed by atoms with Crippen LogP contribution in [0.15, 0.2) is 47.1 Å². The lowest BCUT2D eigenvalue weighted by molar-refractivity contribution is -0.114. The maximum atomic E-state index is 12.2. The number of fused-ring (bicyclic) bond motifs is 4. The van der Waals surface area contributed by atoms with Crippen LogP contribution >= 0.6 is 0 Å². The molecule has 1 aromatic carbocycles. The van der Waals surface area contributed by atoms with E-state index < -0.39 is 5.60 Å². The molecule has 1 N–H and O–H groups in total. The van der Waals surface area contributed by atoms with E-state index in [9.17, 15) is 9.90 Å². The van der Waals surface area contributed by atoms with Gasteiger partial charge >= 0.3 is 0 Å². The van der Waals surface area contributed by atoms with Gasteiger partial charge in [-0.05, 0) is 92.2 Å². The van der Waals surface area contributed by atoms with E-state index in [4.69, 9.17) is 0 Å². The summed E-state index contributed by atoms with van der Waals surface area (Å²) < 4.78 is 0. The fraction of sp³-hybridized carbons (Fsp3) is 0.552. The van der Waals surface area contributed by atoms with Crippen LogP contribution in [0.25, 0.3) is 0 Å². The van der Waals surface area contributed by atoms with Crippen LogP contribution in [-0.4, -0.2) is 30.6 Å². The molecular weight excluding hydrogens is 394 g/mol. The van der Waals surface area contributed by atoms with Crippen LogP contribution in [0.3, 0.4) is 0 Å². The van der Waals surface area contributed by atoms with Crippen molar-refractivity contribution in [3.63, 3.8) is 0 Å². The number of nitrogens with zero attached hydrogens (tertiary/aromatic N) is 1. The van der Waals surface area contributed by atoms with Crippen molar-refractivity contribution in [1.29, 1.82) is 0 Å². The number of benzene rings is 1. The third-order valence-electron chi connectivity index (χ3n) is 9.03. The van der Waals surface area contributed by atoms with Crippen LogP contribution < -0.4 is 4.90 Å². The zero-order chi connectivity index (χ0) is 22.7. The molecule has 32 heavy (non-hydrogen) atoms. The molecule has 0 radical (unpaired) electrons. The first-order valence-corrected chi connectivity index (χ1v) is 12.2. The highest BCUT2D eigenvalue weighted by molar-refractivity contribution is 5.93. The normalized spacial score (nSPS) is 35.8. The summed E-state index contributed by atoms with van der Waals surface area (Å²) in [6.07, 6.45) is 8.23. The Morgan fingerprint density at radius 3 is 2.53 bits per heavy atom. The molecule has 3 nitrogen and oxygen atoms in total. The highest BCUT2D eigenvalue weighted by Gasteiger charge is 2.62. The lowest BCUT2D eigenvalue weighted by Gasteiger charge is -2.53. The summed E-state index contributed by atoms with van der Waals surface area (Å²) in [4.78, 5) is 14.3.